The Morgan fingerprint density at radius 1 is 1.06 bits per heavy atom. The Hall–Kier alpha value is 0.230. The number of hydrogen-bond donors (Lipinski definition) is 1. The maximum Gasteiger partial charge on any atom is 0.171 e. The van der Waals surface area contributed by atoms with Crippen LogP contribution in [0.4, 0.5) is 0 Å². The predicted molar refractivity (Wildman–Crippen MR) is 72.1 cm³/mol. The van der Waals surface area contributed by atoms with Crippen LogP contribution in [-0.2, 0) is 9.47 Å². The van der Waals surface area contributed by atoms with E-state index in [1.807, 2.05) is 11.8 Å². The van der Waals surface area contributed by atoms with Gasteiger partial charge in [0.1, 0.15) is 0 Å². The van der Waals surface area contributed by atoms with E-state index in [0.717, 1.165) is 6.54 Å². The van der Waals surface area contributed by atoms with Crippen LogP contribution in [0.15, 0.2) is 0 Å². The van der Waals surface area contributed by atoms with E-state index in [-0.39, 0.29) is 12.3 Å². The normalized spacial score (nSPS) is 13.3. The highest BCUT2D eigenvalue weighted by Gasteiger charge is 2.13. The van der Waals surface area contributed by atoms with Crippen LogP contribution >= 0.6 is 11.8 Å². The van der Waals surface area contributed by atoms with Crippen LogP contribution in [0, 0.1) is 0 Å². The molecule has 1 N–H and O–H groups in total. The summed E-state index contributed by atoms with van der Waals surface area (Å²) in [6.45, 7) is 3.13. The lowest BCUT2D eigenvalue weighted by atomic mass is 10.2. The smallest absolute Gasteiger partial charge is 0.171 e. The van der Waals surface area contributed by atoms with Crippen molar-refractivity contribution in [2.45, 2.75) is 44.9 Å². The fraction of sp³-hybridized carbons (Fsp3) is 1.00. The van der Waals surface area contributed by atoms with Crippen molar-refractivity contribution in [1.82, 2.24) is 5.32 Å². The van der Waals surface area contributed by atoms with E-state index >= 15 is 0 Å². The van der Waals surface area contributed by atoms with Gasteiger partial charge in [-0.15, -0.1) is 0 Å². The minimum atomic E-state index is -0.142. The molecule has 0 aromatic rings. The molecule has 0 heterocycles. The summed E-state index contributed by atoms with van der Waals surface area (Å²) >= 11 is 1.93. The van der Waals surface area contributed by atoms with Gasteiger partial charge in [-0.25, -0.2) is 0 Å². The summed E-state index contributed by atoms with van der Waals surface area (Å²) in [5, 5.41) is 3.42. The molecule has 0 aliphatic heterocycles. The molecular formula is C12H27NO2S. The molecule has 98 valence electrons. The number of methoxy groups -OCH3 is 2. The van der Waals surface area contributed by atoms with Crippen molar-refractivity contribution in [3.8, 4) is 0 Å². The topological polar surface area (TPSA) is 30.5 Å². The summed E-state index contributed by atoms with van der Waals surface area (Å²) in [6.07, 6.45) is 7.25. The van der Waals surface area contributed by atoms with Gasteiger partial charge in [0.25, 0.3) is 0 Å². The first-order chi connectivity index (χ1) is 7.76. The molecule has 0 aliphatic rings. The van der Waals surface area contributed by atoms with E-state index in [1.54, 1.807) is 14.2 Å². The minimum Gasteiger partial charge on any atom is -0.354 e. The molecule has 1 atom stereocenters. The zero-order valence-electron chi connectivity index (χ0n) is 11.1. The van der Waals surface area contributed by atoms with Crippen LogP contribution in [0.5, 0.6) is 0 Å². The monoisotopic (exact) mass is 249 g/mol. The van der Waals surface area contributed by atoms with E-state index in [1.165, 1.54) is 31.4 Å². The maximum atomic E-state index is 5.18. The first kappa shape index (κ1) is 16.2. The van der Waals surface area contributed by atoms with Gasteiger partial charge in [0.2, 0.25) is 0 Å². The molecule has 0 fully saturated rings. The molecule has 3 nitrogen and oxygen atoms in total. The number of rotatable bonds is 11. The molecule has 4 heteroatoms. The Morgan fingerprint density at radius 3 is 2.25 bits per heavy atom. The summed E-state index contributed by atoms with van der Waals surface area (Å²) < 4.78 is 10.4. The van der Waals surface area contributed by atoms with Gasteiger partial charge in [0.05, 0.1) is 6.04 Å². The van der Waals surface area contributed by atoms with Crippen LogP contribution in [0.1, 0.15) is 32.6 Å². The average molecular weight is 249 g/mol. The number of thioether (sulfide) groups is 1. The predicted octanol–water partition coefficient (Wildman–Crippen LogP) is 2.51. The molecule has 0 bridgehead atoms. The lowest BCUT2D eigenvalue weighted by Crippen LogP contribution is -2.40. The Labute approximate surface area is 105 Å². The Bertz CT molecular complexity index is 143. The Kier molecular flexibility index (Phi) is 11.9. The second-order valence-electron chi connectivity index (χ2n) is 3.99. The van der Waals surface area contributed by atoms with Gasteiger partial charge in [-0.2, -0.15) is 11.8 Å². The second kappa shape index (κ2) is 11.7. The van der Waals surface area contributed by atoms with Gasteiger partial charge in [0.15, 0.2) is 6.29 Å². The highest BCUT2D eigenvalue weighted by molar-refractivity contribution is 7.98. The molecule has 1 unspecified atom stereocenters. The molecule has 0 saturated carbocycles. The standard InChI is InChI=1S/C12H27NO2S/c1-11(12(14-2)15-3)13-9-7-5-6-8-10-16-4/h11-13H,5-10H2,1-4H3. The van der Waals surface area contributed by atoms with Crippen molar-refractivity contribution in [2.75, 3.05) is 32.8 Å². The molecule has 0 aliphatic carbocycles. The zero-order chi connectivity index (χ0) is 12.2. The van der Waals surface area contributed by atoms with Crippen LogP contribution in [0.3, 0.4) is 0 Å². The van der Waals surface area contributed by atoms with Crippen LogP contribution in [0.25, 0.3) is 0 Å². The first-order valence-corrected chi connectivity index (χ1v) is 7.43. The third-order valence-electron chi connectivity index (χ3n) is 2.61. The molecule has 0 rings (SSSR count). The number of ether oxygens (including phenoxy) is 2. The molecule has 0 aromatic heterocycles. The van der Waals surface area contributed by atoms with Crippen molar-refractivity contribution < 1.29 is 9.47 Å². The van der Waals surface area contributed by atoms with E-state index < -0.39 is 0 Å². The Balaban J connectivity index is 3.30. The van der Waals surface area contributed by atoms with E-state index in [9.17, 15) is 0 Å². The average Bonchev–Trinajstić information content (AvgIpc) is 2.29. The highest BCUT2D eigenvalue weighted by atomic mass is 32.2. The maximum absolute atomic E-state index is 5.18. The summed E-state index contributed by atoms with van der Waals surface area (Å²) in [5.41, 5.74) is 0. The molecule has 0 amide bonds. The minimum absolute atomic E-state index is 0.142. The molecule has 0 spiro atoms. The van der Waals surface area contributed by atoms with Gasteiger partial charge in [-0.3, -0.25) is 0 Å². The summed E-state index contributed by atoms with van der Waals surface area (Å²) in [7, 11) is 3.35. The summed E-state index contributed by atoms with van der Waals surface area (Å²) in [6, 6.07) is 0.251. The van der Waals surface area contributed by atoms with Crippen LogP contribution < -0.4 is 5.32 Å². The number of nitrogens with one attached hydrogen (secondary N) is 1. The summed E-state index contributed by atoms with van der Waals surface area (Å²) in [4.78, 5) is 0. The van der Waals surface area contributed by atoms with Crippen molar-refractivity contribution in [3.05, 3.63) is 0 Å². The highest BCUT2D eigenvalue weighted by Crippen LogP contribution is 2.04. The van der Waals surface area contributed by atoms with E-state index in [0.29, 0.717) is 0 Å². The fourth-order valence-corrected chi connectivity index (χ4v) is 2.15. The Morgan fingerprint density at radius 2 is 1.69 bits per heavy atom. The summed E-state index contributed by atoms with van der Waals surface area (Å²) in [5.74, 6) is 1.29. The van der Waals surface area contributed by atoms with E-state index in [4.69, 9.17) is 9.47 Å². The van der Waals surface area contributed by atoms with Crippen LogP contribution in [-0.4, -0.2) is 45.1 Å². The molecule has 0 saturated heterocycles. The van der Waals surface area contributed by atoms with Crippen LogP contribution in [0.2, 0.25) is 0 Å². The molecule has 16 heavy (non-hydrogen) atoms. The number of unbranched alkanes of at least 4 members (excludes halogenated alkanes) is 3. The third kappa shape index (κ3) is 8.39. The van der Waals surface area contributed by atoms with Crippen molar-refractivity contribution >= 4 is 11.8 Å². The van der Waals surface area contributed by atoms with Gasteiger partial charge >= 0.3 is 0 Å². The zero-order valence-corrected chi connectivity index (χ0v) is 11.9. The lowest BCUT2D eigenvalue weighted by molar-refractivity contribution is -0.119. The second-order valence-corrected chi connectivity index (χ2v) is 4.98. The van der Waals surface area contributed by atoms with Crippen molar-refractivity contribution in [3.63, 3.8) is 0 Å². The van der Waals surface area contributed by atoms with Gasteiger partial charge in [-0.1, -0.05) is 12.8 Å². The quantitative estimate of drug-likeness (QED) is 0.450. The fourth-order valence-electron chi connectivity index (χ4n) is 1.66. The van der Waals surface area contributed by atoms with Crippen molar-refractivity contribution in [2.24, 2.45) is 0 Å². The first-order valence-electron chi connectivity index (χ1n) is 6.04. The van der Waals surface area contributed by atoms with Gasteiger partial charge in [-0.05, 0) is 38.3 Å². The van der Waals surface area contributed by atoms with E-state index in [2.05, 4.69) is 18.5 Å². The van der Waals surface area contributed by atoms with Gasteiger partial charge < -0.3 is 14.8 Å². The number of hydrogen-bond acceptors (Lipinski definition) is 4. The molecular weight excluding hydrogens is 222 g/mol. The molecule has 0 aromatic carbocycles. The lowest BCUT2D eigenvalue weighted by Gasteiger charge is -2.22. The molecule has 0 radical (unpaired) electrons. The van der Waals surface area contributed by atoms with Gasteiger partial charge in [0, 0.05) is 14.2 Å². The SMILES string of the molecule is COC(OC)C(C)NCCCCCCSC. The largest absolute Gasteiger partial charge is 0.354 e. The van der Waals surface area contributed by atoms with Crippen molar-refractivity contribution in [1.29, 1.82) is 0 Å². The third-order valence-corrected chi connectivity index (χ3v) is 3.31.